The minimum atomic E-state index is -0.309. The Kier molecular flexibility index (Phi) is 7.51. The van der Waals surface area contributed by atoms with Gasteiger partial charge in [-0.25, -0.2) is 0 Å². The van der Waals surface area contributed by atoms with Gasteiger partial charge >= 0.3 is 0 Å². The van der Waals surface area contributed by atoms with Crippen LogP contribution in [0.15, 0.2) is 72.8 Å². The number of nitrogens with one attached hydrogen (secondary N) is 1. The van der Waals surface area contributed by atoms with Crippen molar-refractivity contribution in [2.45, 2.75) is 6.61 Å². The summed E-state index contributed by atoms with van der Waals surface area (Å²) in [5.41, 5.74) is 1.94. The highest BCUT2D eigenvalue weighted by molar-refractivity contribution is 6.30. The van der Waals surface area contributed by atoms with Gasteiger partial charge in [-0.3, -0.25) is 9.59 Å². The van der Waals surface area contributed by atoms with Gasteiger partial charge in [0.15, 0.2) is 0 Å². The molecule has 0 aromatic heterocycles. The second-order valence-electron chi connectivity index (χ2n) is 6.85. The molecular formula is C24H23ClN2O4. The lowest BCUT2D eigenvalue weighted by molar-refractivity contribution is -0.116. The van der Waals surface area contributed by atoms with Crippen LogP contribution in [0.3, 0.4) is 0 Å². The van der Waals surface area contributed by atoms with Crippen molar-refractivity contribution >= 4 is 29.1 Å². The predicted octanol–water partition coefficient (Wildman–Crippen LogP) is 4.64. The molecule has 0 heterocycles. The quantitative estimate of drug-likeness (QED) is 0.556. The molecule has 0 aliphatic heterocycles. The lowest BCUT2D eigenvalue weighted by Gasteiger charge is -2.19. The normalized spacial score (nSPS) is 10.3. The number of methoxy groups -OCH3 is 1. The molecule has 3 aromatic carbocycles. The van der Waals surface area contributed by atoms with Crippen molar-refractivity contribution in [2.75, 3.05) is 26.0 Å². The van der Waals surface area contributed by atoms with Gasteiger partial charge in [-0.05, 0) is 54.1 Å². The summed E-state index contributed by atoms with van der Waals surface area (Å²) in [6.07, 6.45) is 0. The number of amides is 2. The van der Waals surface area contributed by atoms with Crippen LogP contribution in [0.2, 0.25) is 5.02 Å². The summed E-state index contributed by atoms with van der Waals surface area (Å²) in [5.74, 6) is 0.530. The van der Waals surface area contributed by atoms with Crippen LogP contribution in [-0.4, -0.2) is 37.4 Å². The largest absolute Gasteiger partial charge is 0.497 e. The molecule has 0 fully saturated rings. The molecular weight excluding hydrogens is 416 g/mol. The summed E-state index contributed by atoms with van der Waals surface area (Å²) in [7, 11) is 3.15. The van der Waals surface area contributed by atoms with Gasteiger partial charge in [0.2, 0.25) is 5.91 Å². The van der Waals surface area contributed by atoms with Gasteiger partial charge < -0.3 is 19.7 Å². The number of hydrogen-bond donors (Lipinski definition) is 1. The first-order valence-electron chi connectivity index (χ1n) is 9.62. The van der Waals surface area contributed by atoms with Crippen molar-refractivity contribution < 1.29 is 19.1 Å². The first-order valence-corrected chi connectivity index (χ1v) is 9.99. The molecule has 0 spiro atoms. The minimum absolute atomic E-state index is 0.101. The highest BCUT2D eigenvalue weighted by Crippen LogP contribution is 2.22. The lowest BCUT2D eigenvalue weighted by atomic mass is 10.1. The second kappa shape index (κ2) is 10.5. The highest BCUT2D eigenvalue weighted by Gasteiger charge is 2.19. The number of halogens is 1. The summed E-state index contributed by atoms with van der Waals surface area (Å²) >= 11 is 5.91. The molecule has 0 saturated heterocycles. The summed E-state index contributed by atoms with van der Waals surface area (Å²) in [5, 5.41) is 3.41. The first kappa shape index (κ1) is 22.2. The van der Waals surface area contributed by atoms with E-state index in [0.29, 0.717) is 34.4 Å². The van der Waals surface area contributed by atoms with Crippen molar-refractivity contribution in [3.05, 3.63) is 88.9 Å². The van der Waals surface area contributed by atoms with Gasteiger partial charge in [0.1, 0.15) is 18.1 Å². The zero-order chi connectivity index (χ0) is 22.2. The van der Waals surface area contributed by atoms with E-state index in [9.17, 15) is 9.59 Å². The fourth-order valence-electron chi connectivity index (χ4n) is 2.88. The Morgan fingerprint density at radius 2 is 1.65 bits per heavy atom. The van der Waals surface area contributed by atoms with Crippen molar-refractivity contribution in [2.24, 2.45) is 0 Å². The third-order valence-corrected chi connectivity index (χ3v) is 4.78. The molecule has 0 radical (unpaired) electrons. The van der Waals surface area contributed by atoms with Crippen LogP contribution in [0.25, 0.3) is 0 Å². The molecule has 0 unspecified atom stereocenters. The third kappa shape index (κ3) is 6.23. The topological polar surface area (TPSA) is 67.9 Å². The lowest BCUT2D eigenvalue weighted by Crippen LogP contribution is -2.35. The number of carbonyl (C=O) groups is 2. The fraction of sp³-hybridized carbons (Fsp3) is 0.167. The van der Waals surface area contributed by atoms with E-state index in [2.05, 4.69) is 5.32 Å². The Balaban J connectivity index is 1.61. The summed E-state index contributed by atoms with van der Waals surface area (Å²) in [6, 6.07) is 21.2. The summed E-state index contributed by atoms with van der Waals surface area (Å²) in [6.45, 7) is 0.194. The fourth-order valence-corrected chi connectivity index (χ4v) is 3.00. The van der Waals surface area contributed by atoms with Crippen LogP contribution in [0, 0.1) is 0 Å². The van der Waals surface area contributed by atoms with Gasteiger partial charge in [0, 0.05) is 17.8 Å². The average molecular weight is 439 g/mol. The average Bonchev–Trinajstić information content (AvgIpc) is 2.79. The van der Waals surface area contributed by atoms with Crippen molar-refractivity contribution in [1.29, 1.82) is 0 Å². The standard InChI is InChI=1S/C24H23ClN2O4/c1-27(15-23(28)26-19-11-13-20(30-2)14-12-19)24(29)21-5-3-4-6-22(21)31-16-17-7-9-18(25)10-8-17/h3-14H,15-16H2,1-2H3,(H,26,28). The van der Waals surface area contributed by atoms with E-state index in [1.165, 1.54) is 4.90 Å². The van der Waals surface area contributed by atoms with Crippen LogP contribution in [-0.2, 0) is 11.4 Å². The van der Waals surface area contributed by atoms with E-state index in [0.717, 1.165) is 5.56 Å². The number of rotatable bonds is 8. The maximum atomic E-state index is 12.9. The van der Waals surface area contributed by atoms with Crippen molar-refractivity contribution in [1.82, 2.24) is 4.90 Å². The highest BCUT2D eigenvalue weighted by atomic mass is 35.5. The Bertz CT molecular complexity index is 1040. The van der Waals surface area contributed by atoms with Crippen LogP contribution in [0.5, 0.6) is 11.5 Å². The van der Waals surface area contributed by atoms with Gasteiger partial charge in [-0.15, -0.1) is 0 Å². The second-order valence-corrected chi connectivity index (χ2v) is 7.29. The molecule has 1 N–H and O–H groups in total. The van der Waals surface area contributed by atoms with Crippen LogP contribution in [0.4, 0.5) is 5.69 Å². The molecule has 3 rings (SSSR count). The van der Waals surface area contributed by atoms with E-state index < -0.39 is 0 Å². The van der Waals surface area contributed by atoms with Gasteiger partial charge in [-0.1, -0.05) is 35.9 Å². The Labute approximate surface area is 186 Å². The molecule has 0 saturated carbocycles. The maximum Gasteiger partial charge on any atom is 0.257 e. The van der Waals surface area contributed by atoms with Crippen LogP contribution >= 0.6 is 11.6 Å². The predicted molar refractivity (Wildman–Crippen MR) is 121 cm³/mol. The molecule has 2 amide bonds. The van der Waals surface area contributed by atoms with Gasteiger partial charge in [0.05, 0.1) is 19.2 Å². The van der Waals surface area contributed by atoms with Crippen molar-refractivity contribution in [3.63, 3.8) is 0 Å². The van der Waals surface area contributed by atoms with E-state index >= 15 is 0 Å². The van der Waals surface area contributed by atoms with E-state index in [1.807, 2.05) is 12.1 Å². The molecule has 7 heteroatoms. The molecule has 160 valence electrons. The maximum absolute atomic E-state index is 12.9. The number of ether oxygens (including phenoxy) is 2. The molecule has 0 atom stereocenters. The molecule has 0 bridgehead atoms. The van der Waals surface area contributed by atoms with E-state index in [-0.39, 0.29) is 18.4 Å². The smallest absolute Gasteiger partial charge is 0.257 e. The van der Waals surface area contributed by atoms with Crippen LogP contribution in [0.1, 0.15) is 15.9 Å². The Hall–Kier alpha value is -3.51. The zero-order valence-corrected chi connectivity index (χ0v) is 18.1. The SMILES string of the molecule is COc1ccc(NC(=O)CN(C)C(=O)c2ccccc2OCc2ccc(Cl)cc2)cc1. The molecule has 31 heavy (non-hydrogen) atoms. The number of benzene rings is 3. The Morgan fingerprint density at radius 1 is 0.968 bits per heavy atom. The first-order chi connectivity index (χ1) is 15.0. The number of para-hydroxylation sites is 1. The number of likely N-dealkylation sites (N-methyl/N-ethyl adjacent to an activating group) is 1. The third-order valence-electron chi connectivity index (χ3n) is 4.53. The van der Waals surface area contributed by atoms with Crippen LogP contribution < -0.4 is 14.8 Å². The van der Waals surface area contributed by atoms with Gasteiger partial charge in [0.25, 0.3) is 5.91 Å². The molecule has 0 aliphatic rings. The number of nitrogens with zero attached hydrogens (tertiary/aromatic N) is 1. The number of hydrogen-bond acceptors (Lipinski definition) is 4. The number of carbonyl (C=O) groups excluding carboxylic acids is 2. The zero-order valence-electron chi connectivity index (χ0n) is 17.3. The summed E-state index contributed by atoms with van der Waals surface area (Å²) < 4.78 is 11.0. The van der Waals surface area contributed by atoms with Crippen molar-refractivity contribution in [3.8, 4) is 11.5 Å². The monoisotopic (exact) mass is 438 g/mol. The number of anilines is 1. The molecule has 3 aromatic rings. The minimum Gasteiger partial charge on any atom is -0.497 e. The summed E-state index contributed by atoms with van der Waals surface area (Å²) in [4.78, 5) is 26.6. The van der Waals surface area contributed by atoms with E-state index in [1.54, 1.807) is 74.8 Å². The van der Waals surface area contributed by atoms with E-state index in [4.69, 9.17) is 21.1 Å². The van der Waals surface area contributed by atoms with Gasteiger partial charge in [-0.2, -0.15) is 0 Å². The Morgan fingerprint density at radius 3 is 2.32 bits per heavy atom. The molecule has 6 nitrogen and oxygen atoms in total. The molecule has 0 aliphatic carbocycles.